The van der Waals surface area contributed by atoms with Gasteiger partial charge in [0.15, 0.2) is 0 Å². The topological polar surface area (TPSA) is 37.3 Å². The molecule has 17 heavy (non-hydrogen) atoms. The minimum absolute atomic E-state index is 0. The van der Waals surface area contributed by atoms with Crippen molar-refractivity contribution in [1.82, 2.24) is 0 Å². The van der Waals surface area contributed by atoms with Crippen LogP contribution in [0.5, 0.6) is 0 Å². The predicted octanol–water partition coefficient (Wildman–Crippen LogP) is 4.17. The van der Waals surface area contributed by atoms with Gasteiger partial charge in [-0.1, -0.05) is 51.2 Å². The number of unbranched alkanes of at least 4 members (excludes halogenated alkanes) is 7. The summed E-state index contributed by atoms with van der Waals surface area (Å²) in [6.45, 7) is 2.21. The Balaban J connectivity index is 0. The van der Waals surface area contributed by atoms with E-state index in [2.05, 4.69) is 19.1 Å². The molecular weight excluding hydrogens is 223 g/mol. The van der Waals surface area contributed by atoms with Crippen LogP contribution in [0.4, 0.5) is 0 Å². The van der Waals surface area contributed by atoms with Crippen molar-refractivity contribution in [3.8, 4) is 0 Å². The second-order valence-electron chi connectivity index (χ2n) is 4.31. The summed E-state index contributed by atoms with van der Waals surface area (Å²) in [5, 5.41) is 8.45. The summed E-state index contributed by atoms with van der Waals surface area (Å²) in [6.07, 6.45) is 15.4. The van der Waals surface area contributed by atoms with Gasteiger partial charge in [-0.3, -0.25) is 4.79 Å². The van der Waals surface area contributed by atoms with Crippen molar-refractivity contribution in [1.29, 1.82) is 0 Å². The summed E-state index contributed by atoms with van der Waals surface area (Å²) in [7, 11) is 0. The van der Waals surface area contributed by atoms with Crippen LogP contribution in [-0.2, 0) is 4.79 Å². The molecule has 2 nitrogen and oxygen atoms in total. The maximum absolute atomic E-state index is 10.3. The van der Waals surface area contributed by atoms with Crippen molar-refractivity contribution in [2.24, 2.45) is 0 Å². The number of hydrogen-bond donors (Lipinski definition) is 1. The zero-order valence-electron chi connectivity index (χ0n) is 11.6. The molecule has 0 amide bonds. The van der Waals surface area contributed by atoms with Crippen molar-refractivity contribution in [2.45, 2.75) is 71.1 Å². The third-order valence-corrected chi connectivity index (χ3v) is 2.65. The molecule has 0 aliphatic heterocycles. The SMILES string of the molecule is CCCCC=CCCCCCCCC(=O)O.[Na]. The maximum atomic E-state index is 10.3. The number of allylic oxidation sites excluding steroid dienone is 2. The Labute approximate surface area is 128 Å². The molecule has 0 unspecified atom stereocenters. The van der Waals surface area contributed by atoms with Gasteiger partial charge in [0, 0.05) is 36.0 Å². The second kappa shape index (κ2) is 16.2. The fourth-order valence-corrected chi connectivity index (χ4v) is 1.63. The Morgan fingerprint density at radius 1 is 0.941 bits per heavy atom. The van der Waals surface area contributed by atoms with Gasteiger partial charge in [0.1, 0.15) is 0 Å². The van der Waals surface area contributed by atoms with Gasteiger partial charge in [-0.05, 0) is 25.7 Å². The van der Waals surface area contributed by atoms with Crippen molar-refractivity contribution >= 4 is 35.5 Å². The van der Waals surface area contributed by atoms with E-state index < -0.39 is 5.97 Å². The minimum atomic E-state index is -0.668. The Morgan fingerprint density at radius 2 is 1.47 bits per heavy atom. The maximum Gasteiger partial charge on any atom is 0.303 e. The summed E-state index contributed by atoms with van der Waals surface area (Å²) in [4.78, 5) is 10.3. The van der Waals surface area contributed by atoms with Crippen molar-refractivity contribution in [3.63, 3.8) is 0 Å². The van der Waals surface area contributed by atoms with Crippen molar-refractivity contribution in [3.05, 3.63) is 12.2 Å². The Bertz CT molecular complexity index is 191. The average molecular weight is 249 g/mol. The van der Waals surface area contributed by atoms with E-state index in [1.54, 1.807) is 0 Å². The number of aliphatic carboxylic acids is 1. The molecule has 0 atom stereocenters. The molecule has 0 spiro atoms. The number of hydrogen-bond acceptors (Lipinski definition) is 1. The predicted molar refractivity (Wildman–Crippen MR) is 74.4 cm³/mol. The fraction of sp³-hybridized carbons (Fsp3) is 0.786. The molecule has 0 rings (SSSR count). The second-order valence-corrected chi connectivity index (χ2v) is 4.31. The summed E-state index contributed by atoms with van der Waals surface area (Å²) in [6, 6.07) is 0. The van der Waals surface area contributed by atoms with Crippen LogP contribution >= 0.6 is 0 Å². The van der Waals surface area contributed by atoms with Crippen LogP contribution < -0.4 is 0 Å². The third kappa shape index (κ3) is 18.8. The molecule has 0 aliphatic rings. The van der Waals surface area contributed by atoms with Gasteiger partial charge in [-0.2, -0.15) is 0 Å². The number of carboxylic acids is 1. The summed E-state index contributed by atoms with van der Waals surface area (Å²) < 4.78 is 0. The van der Waals surface area contributed by atoms with E-state index in [9.17, 15) is 4.79 Å². The van der Waals surface area contributed by atoms with E-state index in [0.717, 1.165) is 12.8 Å². The molecule has 3 heteroatoms. The van der Waals surface area contributed by atoms with E-state index in [1.165, 1.54) is 44.9 Å². The van der Waals surface area contributed by atoms with Crippen LogP contribution in [0.15, 0.2) is 12.2 Å². The zero-order valence-corrected chi connectivity index (χ0v) is 13.6. The van der Waals surface area contributed by atoms with Gasteiger partial charge in [0.2, 0.25) is 0 Å². The van der Waals surface area contributed by atoms with E-state index in [1.807, 2.05) is 0 Å². The molecule has 95 valence electrons. The molecule has 0 aromatic rings. The molecule has 0 saturated carbocycles. The monoisotopic (exact) mass is 249 g/mol. The third-order valence-electron chi connectivity index (χ3n) is 2.65. The molecule has 0 aromatic heterocycles. The summed E-state index contributed by atoms with van der Waals surface area (Å²) in [5.74, 6) is -0.668. The number of carboxylic acid groups (broad SMARTS) is 1. The van der Waals surface area contributed by atoms with E-state index >= 15 is 0 Å². The molecule has 0 fully saturated rings. The quantitative estimate of drug-likeness (QED) is 0.339. The fourth-order valence-electron chi connectivity index (χ4n) is 1.63. The largest absolute Gasteiger partial charge is 0.481 e. The summed E-state index contributed by atoms with van der Waals surface area (Å²) in [5.41, 5.74) is 0. The van der Waals surface area contributed by atoms with E-state index in [-0.39, 0.29) is 29.6 Å². The smallest absolute Gasteiger partial charge is 0.303 e. The standard InChI is InChI=1S/C14H26O2.Na/c1-2-3-4-5-6-7-8-9-10-11-12-13-14(15)16;/h5-6H,2-4,7-13H2,1H3,(H,15,16);. The zero-order chi connectivity index (χ0) is 12.1. The van der Waals surface area contributed by atoms with Gasteiger partial charge >= 0.3 is 5.97 Å². The van der Waals surface area contributed by atoms with E-state index in [0.29, 0.717) is 6.42 Å². The Hall–Kier alpha value is 0.210. The van der Waals surface area contributed by atoms with Crippen LogP contribution in [0.3, 0.4) is 0 Å². The first-order valence-electron chi connectivity index (χ1n) is 6.64. The first-order chi connectivity index (χ1) is 7.77. The summed E-state index contributed by atoms with van der Waals surface area (Å²) >= 11 is 0. The van der Waals surface area contributed by atoms with Crippen molar-refractivity contribution in [2.75, 3.05) is 0 Å². The molecule has 1 N–H and O–H groups in total. The molecule has 0 aliphatic carbocycles. The first-order valence-corrected chi connectivity index (χ1v) is 6.64. The normalized spacial score (nSPS) is 10.4. The van der Waals surface area contributed by atoms with Gasteiger partial charge in [-0.15, -0.1) is 0 Å². The van der Waals surface area contributed by atoms with Gasteiger partial charge in [0.25, 0.3) is 0 Å². The average Bonchev–Trinajstić information content (AvgIpc) is 2.25. The van der Waals surface area contributed by atoms with Crippen molar-refractivity contribution < 1.29 is 9.90 Å². The molecule has 0 heterocycles. The van der Waals surface area contributed by atoms with Crippen LogP contribution in [0.25, 0.3) is 0 Å². The van der Waals surface area contributed by atoms with Crippen LogP contribution in [0.1, 0.15) is 71.1 Å². The number of rotatable bonds is 11. The van der Waals surface area contributed by atoms with Gasteiger partial charge in [0.05, 0.1) is 0 Å². The molecule has 0 saturated heterocycles. The van der Waals surface area contributed by atoms with Crippen LogP contribution in [0.2, 0.25) is 0 Å². The molecule has 0 bridgehead atoms. The van der Waals surface area contributed by atoms with Crippen LogP contribution in [-0.4, -0.2) is 40.6 Å². The van der Waals surface area contributed by atoms with E-state index in [4.69, 9.17) is 5.11 Å². The molecule has 1 radical (unpaired) electrons. The minimum Gasteiger partial charge on any atom is -0.481 e. The Kier molecular flexibility index (Phi) is 18.6. The first kappa shape index (κ1) is 19.5. The Morgan fingerprint density at radius 3 is 2.06 bits per heavy atom. The molecule has 0 aromatic carbocycles. The van der Waals surface area contributed by atoms with Gasteiger partial charge in [-0.25, -0.2) is 0 Å². The van der Waals surface area contributed by atoms with Gasteiger partial charge < -0.3 is 5.11 Å². The number of carbonyl (C=O) groups is 1. The van der Waals surface area contributed by atoms with Crippen LogP contribution in [0, 0.1) is 0 Å². The molecular formula is C14H26NaO2.